The van der Waals surface area contributed by atoms with Crippen LogP contribution in [0.15, 0.2) is 0 Å². The summed E-state index contributed by atoms with van der Waals surface area (Å²) in [7, 11) is 0. The molecule has 0 aromatic heterocycles. The highest BCUT2D eigenvalue weighted by molar-refractivity contribution is 5.00. The molecule has 0 saturated carbocycles. The second kappa shape index (κ2) is 2.72. The van der Waals surface area contributed by atoms with Crippen LogP contribution in [0.2, 0.25) is 0 Å². The van der Waals surface area contributed by atoms with Gasteiger partial charge in [-0.15, -0.1) is 0 Å². The van der Waals surface area contributed by atoms with E-state index in [-0.39, 0.29) is 5.54 Å². The fourth-order valence-electron chi connectivity index (χ4n) is 1.97. The van der Waals surface area contributed by atoms with E-state index in [0.29, 0.717) is 19.6 Å². The summed E-state index contributed by atoms with van der Waals surface area (Å²) in [6.45, 7) is 2.23. The van der Waals surface area contributed by atoms with Crippen molar-refractivity contribution in [3.8, 4) is 0 Å². The second-order valence-electron chi connectivity index (χ2n) is 3.50. The molecule has 3 heteroatoms. The summed E-state index contributed by atoms with van der Waals surface area (Å²) in [6.07, 6.45) is 1.81. The van der Waals surface area contributed by atoms with E-state index in [0.717, 1.165) is 19.4 Å². The quantitative estimate of drug-likeness (QED) is 0.566. The highest BCUT2D eigenvalue weighted by atomic mass is 19.1. The lowest BCUT2D eigenvalue weighted by atomic mass is 9.86. The number of alkyl halides is 1. The summed E-state index contributed by atoms with van der Waals surface area (Å²) in [5, 5.41) is 3.24. The third kappa shape index (κ3) is 1.16. The first-order chi connectivity index (χ1) is 5.33. The molecular formula is C8H14FNO. The smallest absolute Gasteiger partial charge is 0.121 e. The molecule has 0 radical (unpaired) electrons. The van der Waals surface area contributed by atoms with Gasteiger partial charge in [0.15, 0.2) is 0 Å². The lowest BCUT2D eigenvalue weighted by molar-refractivity contribution is 0.0837. The zero-order valence-corrected chi connectivity index (χ0v) is 6.61. The van der Waals surface area contributed by atoms with Gasteiger partial charge in [0.2, 0.25) is 0 Å². The molecule has 2 unspecified atom stereocenters. The zero-order valence-electron chi connectivity index (χ0n) is 6.61. The molecule has 64 valence electrons. The fourth-order valence-corrected chi connectivity index (χ4v) is 1.97. The van der Waals surface area contributed by atoms with E-state index >= 15 is 0 Å². The normalized spacial score (nSPS) is 45.0. The number of halogens is 1. The van der Waals surface area contributed by atoms with E-state index < -0.39 is 6.17 Å². The molecule has 2 rings (SSSR count). The highest BCUT2D eigenvalue weighted by Gasteiger charge is 2.43. The number of hydrogen-bond donors (Lipinski definition) is 1. The molecule has 0 aromatic carbocycles. The standard InChI is InChI=1S/C8H14FNO/c9-7-2-1-4-10-8(7)3-5-11-6-8/h7,10H,1-6H2. The topological polar surface area (TPSA) is 21.3 Å². The van der Waals surface area contributed by atoms with Crippen LogP contribution in [-0.4, -0.2) is 31.5 Å². The molecule has 1 spiro atoms. The summed E-state index contributed by atoms with van der Waals surface area (Å²) in [5.41, 5.74) is -0.307. The van der Waals surface area contributed by atoms with Crippen molar-refractivity contribution in [2.45, 2.75) is 31.0 Å². The van der Waals surface area contributed by atoms with Crippen LogP contribution in [0, 0.1) is 0 Å². The number of ether oxygens (including phenoxy) is 1. The monoisotopic (exact) mass is 159 g/mol. The first-order valence-electron chi connectivity index (χ1n) is 4.30. The van der Waals surface area contributed by atoms with Gasteiger partial charge in [-0.1, -0.05) is 0 Å². The minimum absolute atomic E-state index is 0.307. The average molecular weight is 159 g/mol. The third-order valence-corrected chi connectivity index (χ3v) is 2.76. The Labute approximate surface area is 66.1 Å². The van der Waals surface area contributed by atoms with Gasteiger partial charge < -0.3 is 10.1 Å². The van der Waals surface area contributed by atoms with Crippen molar-refractivity contribution in [2.24, 2.45) is 0 Å². The van der Waals surface area contributed by atoms with Gasteiger partial charge in [-0.3, -0.25) is 0 Å². The van der Waals surface area contributed by atoms with Gasteiger partial charge in [0.25, 0.3) is 0 Å². The first kappa shape index (κ1) is 7.50. The fraction of sp³-hybridized carbons (Fsp3) is 1.00. The molecule has 2 saturated heterocycles. The van der Waals surface area contributed by atoms with Gasteiger partial charge in [0, 0.05) is 6.61 Å². The lowest BCUT2D eigenvalue weighted by Crippen LogP contribution is -2.56. The minimum atomic E-state index is -0.696. The molecule has 2 fully saturated rings. The first-order valence-corrected chi connectivity index (χ1v) is 4.30. The molecule has 11 heavy (non-hydrogen) atoms. The number of rotatable bonds is 0. The average Bonchev–Trinajstić information content (AvgIpc) is 2.46. The maximum Gasteiger partial charge on any atom is 0.121 e. The Balaban J connectivity index is 2.07. The van der Waals surface area contributed by atoms with E-state index in [1.54, 1.807) is 0 Å². The predicted molar refractivity (Wildman–Crippen MR) is 40.3 cm³/mol. The molecule has 0 amide bonds. The van der Waals surface area contributed by atoms with Crippen molar-refractivity contribution in [3.63, 3.8) is 0 Å². The van der Waals surface area contributed by atoms with Crippen LogP contribution in [-0.2, 0) is 4.74 Å². The maximum absolute atomic E-state index is 13.4. The molecule has 0 aromatic rings. The molecule has 2 heterocycles. The van der Waals surface area contributed by atoms with Crippen molar-refractivity contribution in [2.75, 3.05) is 19.8 Å². The molecule has 2 atom stereocenters. The van der Waals surface area contributed by atoms with Crippen molar-refractivity contribution in [1.82, 2.24) is 5.32 Å². The Morgan fingerprint density at radius 1 is 1.55 bits per heavy atom. The van der Waals surface area contributed by atoms with Crippen LogP contribution in [0.3, 0.4) is 0 Å². The van der Waals surface area contributed by atoms with E-state index in [1.807, 2.05) is 0 Å². The largest absolute Gasteiger partial charge is 0.379 e. The summed E-state index contributed by atoms with van der Waals surface area (Å²) >= 11 is 0. The van der Waals surface area contributed by atoms with E-state index in [9.17, 15) is 4.39 Å². The van der Waals surface area contributed by atoms with Gasteiger partial charge in [-0.05, 0) is 25.8 Å². The van der Waals surface area contributed by atoms with E-state index in [4.69, 9.17) is 4.74 Å². The Morgan fingerprint density at radius 3 is 3.09 bits per heavy atom. The SMILES string of the molecule is FC1CCCNC12CCOC2. The Kier molecular flexibility index (Phi) is 1.85. The maximum atomic E-state index is 13.4. The summed E-state index contributed by atoms with van der Waals surface area (Å²) < 4.78 is 18.6. The van der Waals surface area contributed by atoms with Crippen LogP contribution in [0.25, 0.3) is 0 Å². The van der Waals surface area contributed by atoms with Crippen LogP contribution in [0.4, 0.5) is 4.39 Å². The number of piperidine rings is 1. The highest BCUT2D eigenvalue weighted by Crippen LogP contribution is 2.30. The van der Waals surface area contributed by atoms with Crippen molar-refractivity contribution < 1.29 is 9.13 Å². The van der Waals surface area contributed by atoms with Gasteiger partial charge in [0.05, 0.1) is 12.1 Å². The Morgan fingerprint density at radius 2 is 2.45 bits per heavy atom. The molecule has 2 nitrogen and oxygen atoms in total. The van der Waals surface area contributed by atoms with Crippen LogP contribution in [0.1, 0.15) is 19.3 Å². The van der Waals surface area contributed by atoms with E-state index in [1.165, 1.54) is 0 Å². The summed E-state index contributed by atoms with van der Waals surface area (Å²) in [6, 6.07) is 0. The van der Waals surface area contributed by atoms with Crippen molar-refractivity contribution in [3.05, 3.63) is 0 Å². The second-order valence-corrected chi connectivity index (χ2v) is 3.50. The molecule has 1 N–H and O–H groups in total. The van der Waals surface area contributed by atoms with Crippen LogP contribution in [0.5, 0.6) is 0 Å². The molecule has 2 aliphatic rings. The Bertz CT molecular complexity index is 145. The molecule has 0 aliphatic carbocycles. The molecular weight excluding hydrogens is 145 g/mol. The van der Waals surface area contributed by atoms with Crippen molar-refractivity contribution >= 4 is 0 Å². The Hall–Kier alpha value is -0.150. The number of hydrogen-bond acceptors (Lipinski definition) is 2. The third-order valence-electron chi connectivity index (χ3n) is 2.76. The lowest BCUT2D eigenvalue weighted by Gasteiger charge is -2.36. The molecule has 2 aliphatic heterocycles. The molecule has 0 bridgehead atoms. The van der Waals surface area contributed by atoms with Gasteiger partial charge in [-0.2, -0.15) is 0 Å². The summed E-state index contributed by atoms with van der Waals surface area (Å²) in [5.74, 6) is 0. The summed E-state index contributed by atoms with van der Waals surface area (Å²) in [4.78, 5) is 0. The van der Waals surface area contributed by atoms with E-state index in [2.05, 4.69) is 5.32 Å². The number of nitrogens with one attached hydrogen (secondary N) is 1. The predicted octanol–water partition coefficient (Wildman–Crippen LogP) is 0.867. The van der Waals surface area contributed by atoms with Crippen LogP contribution >= 0.6 is 0 Å². The van der Waals surface area contributed by atoms with Crippen molar-refractivity contribution in [1.29, 1.82) is 0 Å². The van der Waals surface area contributed by atoms with Gasteiger partial charge >= 0.3 is 0 Å². The van der Waals surface area contributed by atoms with Gasteiger partial charge in [0.1, 0.15) is 6.17 Å². The minimum Gasteiger partial charge on any atom is -0.379 e. The van der Waals surface area contributed by atoms with Crippen LogP contribution < -0.4 is 5.32 Å². The zero-order chi connectivity index (χ0) is 7.73. The van der Waals surface area contributed by atoms with Gasteiger partial charge in [-0.25, -0.2) is 4.39 Å².